The van der Waals surface area contributed by atoms with Gasteiger partial charge in [-0.25, -0.2) is 0 Å². The van der Waals surface area contributed by atoms with Gasteiger partial charge in [-0.15, -0.1) is 0 Å². The zero-order chi connectivity index (χ0) is 12.1. The molecule has 0 bridgehead atoms. The molecule has 1 aromatic heterocycles. The minimum Gasteiger partial charge on any atom is -0.481 e. The van der Waals surface area contributed by atoms with Crippen LogP contribution in [-0.4, -0.2) is 24.7 Å². The molecule has 17 heavy (non-hydrogen) atoms. The van der Waals surface area contributed by atoms with Crippen LogP contribution in [0.2, 0.25) is 0 Å². The monoisotopic (exact) mass is 235 g/mol. The molecule has 0 aromatic carbocycles. The van der Waals surface area contributed by atoms with Gasteiger partial charge in [0.2, 0.25) is 5.88 Å². The molecule has 3 N–H and O–H groups in total. The summed E-state index contributed by atoms with van der Waals surface area (Å²) in [6.45, 7) is 0.952. The third-order valence-corrected chi connectivity index (χ3v) is 3.33. The molecule has 1 aromatic rings. The lowest BCUT2D eigenvalue weighted by Gasteiger charge is -2.26. The van der Waals surface area contributed by atoms with Gasteiger partial charge in [-0.3, -0.25) is 0 Å². The van der Waals surface area contributed by atoms with E-state index < -0.39 is 0 Å². The van der Waals surface area contributed by atoms with Crippen LogP contribution >= 0.6 is 0 Å². The van der Waals surface area contributed by atoms with E-state index in [2.05, 4.69) is 10.3 Å². The van der Waals surface area contributed by atoms with Gasteiger partial charge < -0.3 is 15.8 Å². The molecule has 0 amide bonds. The zero-order valence-electron chi connectivity index (χ0n) is 10.4. The molecule has 2 unspecified atom stereocenters. The maximum atomic E-state index is 5.98. The van der Waals surface area contributed by atoms with Crippen LogP contribution in [-0.2, 0) is 0 Å². The first-order valence-corrected chi connectivity index (χ1v) is 6.28. The lowest BCUT2D eigenvalue weighted by molar-refractivity contribution is 0.334. The summed E-state index contributed by atoms with van der Waals surface area (Å²) in [6, 6.07) is 6.14. The van der Waals surface area contributed by atoms with Gasteiger partial charge in [-0.1, -0.05) is 12.5 Å². The number of aromatic nitrogens is 1. The Labute approximate surface area is 103 Å². The van der Waals surface area contributed by atoms with Gasteiger partial charge in [0.1, 0.15) is 5.82 Å². The largest absolute Gasteiger partial charge is 0.481 e. The first kappa shape index (κ1) is 12.2. The van der Waals surface area contributed by atoms with Gasteiger partial charge in [0, 0.05) is 18.7 Å². The number of hydrogen-bond donors (Lipinski definition) is 2. The Morgan fingerprint density at radius 1 is 1.47 bits per heavy atom. The first-order chi connectivity index (χ1) is 8.28. The average molecular weight is 235 g/mol. The maximum absolute atomic E-state index is 5.98. The molecule has 1 saturated carbocycles. The number of anilines is 1. The predicted molar refractivity (Wildman–Crippen MR) is 69.2 cm³/mol. The molecule has 4 heteroatoms. The Balaban J connectivity index is 1.84. The molecule has 0 radical (unpaired) electrons. The van der Waals surface area contributed by atoms with E-state index in [1.165, 1.54) is 19.3 Å². The average Bonchev–Trinajstić information content (AvgIpc) is 2.37. The van der Waals surface area contributed by atoms with E-state index in [9.17, 15) is 0 Å². The maximum Gasteiger partial charge on any atom is 0.214 e. The van der Waals surface area contributed by atoms with Crippen LogP contribution < -0.4 is 15.8 Å². The highest BCUT2D eigenvalue weighted by atomic mass is 16.5. The molecule has 4 nitrogen and oxygen atoms in total. The van der Waals surface area contributed by atoms with Crippen molar-refractivity contribution in [3.05, 3.63) is 18.2 Å². The van der Waals surface area contributed by atoms with Crippen LogP contribution in [0.5, 0.6) is 5.88 Å². The van der Waals surface area contributed by atoms with Crippen LogP contribution in [0.25, 0.3) is 0 Å². The van der Waals surface area contributed by atoms with E-state index in [0.29, 0.717) is 17.8 Å². The van der Waals surface area contributed by atoms with Crippen molar-refractivity contribution in [2.24, 2.45) is 11.7 Å². The van der Waals surface area contributed by atoms with Crippen molar-refractivity contribution >= 4 is 5.82 Å². The quantitative estimate of drug-likeness (QED) is 0.838. The fourth-order valence-electron chi connectivity index (χ4n) is 2.39. The molecule has 0 saturated heterocycles. The number of rotatable bonds is 4. The van der Waals surface area contributed by atoms with Crippen LogP contribution in [0.1, 0.15) is 25.7 Å². The van der Waals surface area contributed by atoms with E-state index in [-0.39, 0.29) is 0 Å². The second-order valence-electron chi connectivity index (χ2n) is 4.74. The summed E-state index contributed by atoms with van der Waals surface area (Å²) >= 11 is 0. The fraction of sp³-hybridized carbons (Fsp3) is 0.615. The summed E-state index contributed by atoms with van der Waals surface area (Å²) in [6.07, 6.45) is 4.81. The van der Waals surface area contributed by atoms with Gasteiger partial charge in [0.05, 0.1) is 7.11 Å². The van der Waals surface area contributed by atoms with Gasteiger partial charge in [0.25, 0.3) is 0 Å². The minimum atomic E-state index is 0.383. The van der Waals surface area contributed by atoms with Crippen LogP contribution in [0.4, 0.5) is 5.82 Å². The Morgan fingerprint density at radius 2 is 2.35 bits per heavy atom. The third-order valence-electron chi connectivity index (χ3n) is 3.33. The molecule has 1 aliphatic rings. The van der Waals surface area contributed by atoms with E-state index in [0.717, 1.165) is 18.8 Å². The van der Waals surface area contributed by atoms with Crippen molar-refractivity contribution in [1.82, 2.24) is 4.98 Å². The van der Waals surface area contributed by atoms with Crippen molar-refractivity contribution in [1.29, 1.82) is 0 Å². The summed E-state index contributed by atoms with van der Waals surface area (Å²) in [5, 5.41) is 3.36. The fourth-order valence-corrected chi connectivity index (χ4v) is 2.39. The predicted octanol–water partition coefficient (Wildman–Crippen LogP) is 2.02. The standard InChI is InChI=1S/C13H21N3O/c1-17-13-7-3-6-12(16-13)15-9-10-4-2-5-11(14)8-10/h3,6-7,10-11H,2,4-5,8-9,14H2,1H3,(H,15,16). The smallest absolute Gasteiger partial charge is 0.214 e. The normalized spacial score (nSPS) is 24.4. The highest BCUT2D eigenvalue weighted by Gasteiger charge is 2.18. The third kappa shape index (κ3) is 3.60. The molecule has 94 valence electrons. The van der Waals surface area contributed by atoms with E-state index in [1.807, 2.05) is 18.2 Å². The van der Waals surface area contributed by atoms with Crippen LogP contribution in [0.15, 0.2) is 18.2 Å². The number of nitrogens with one attached hydrogen (secondary N) is 1. The summed E-state index contributed by atoms with van der Waals surface area (Å²) in [7, 11) is 1.63. The molecule has 1 fully saturated rings. The highest BCUT2D eigenvalue weighted by molar-refractivity contribution is 5.37. The van der Waals surface area contributed by atoms with E-state index >= 15 is 0 Å². The Kier molecular flexibility index (Phi) is 4.20. The molecule has 2 rings (SSSR count). The Hall–Kier alpha value is -1.29. The molecular formula is C13H21N3O. The lowest BCUT2D eigenvalue weighted by Crippen LogP contribution is -2.31. The molecule has 1 heterocycles. The van der Waals surface area contributed by atoms with Crippen LogP contribution in [0, 0.1) is 5.92 Å². The molecular weight excluding hydrogens is 214 g/mol. The van der Waals surface area contributed by atoms with Crippen LogP contribution in [0.3, 0.4) is 0 Å². The van der Waals surface area contributed by atoms with Crippen molar-refractivity contribution in [3.63, 3.8) is 0 Å². The second kappa shape index (κ2) is 5.87. The van der Waals surface area contributed by atoms with Crippen molar-refractivity contribution in [2.75, 3.05) is 19.0 Å². The molecule has 1 aliphatic carbocycles. The SMILES string of the molecule is COc1cccc(NCC2CCCC(N)C2)n1. The van der Waals surface area contributed by atoms with E-state index in [4.69, 9.17) is 10.5 Å². The van der Waals surface area contributed by atoms with Crippen molar-refractivity contribution in [2.45, 2.75) is 31.7 Å². The minimum absolute atomic E-state index is 0.383. The molecule has 0 spiro atoms. The number of methoxy groups -OCH3 is 1. The van der Waals surface area contributed by atoms with Crippen molar-refractivity contribution in [3.8, 4) is 5.88 Å². The summed E-state index contributed by atoms with van der Waals surface area (Å²) in [5.41, 5.74) is 5.98. The number of ether oxygens (including phenoxy) is 1. The highest BCUT2D eigenvalue weighted by Crippen LogP contribution is 2.23. The van der Waals surface area contributed by atoms with Crippen molar-refractivity contribution < 1.29 is 4.74 Å². The summed E-state index contributed by atoms with van der Waals surface area (Å²) in [4.78, 5) is 4.33. The number of nitrogens with two attached hydrogens (primary N) is 1. The topological polar surface area (TPSA) is 60.2 Å². The number of hydrogen-bond acceptors (Lipinski definition) is 4. The summed E-state index contributed by atoms with van der Waals surface area (Å²) in [5.74, 6) is 2.20. The van der Waals surface area contributed by atoms with Gasteiger partial charge >= 0.3 is 0 Å². The van der Waals surface area contributed by atoms with Gasteiger partial charge in [-0.05, 0) is 31.2 Å². The number of nitrogens with zero attached hydrogens (tertiary/aromatic N) is 1. The number of pyridine rings is 1. The van der Waals surface area contributed by atoms with Gasteiger partial charge in [0.15, 0.2) is 0 Å². The molecule has 2 atom stereocenters. The summed E-state index contributed by atoms with van der Waals surface area (Å²) < 4.78 is 5.09. The molecule has 0 aliphatic heterocycles. The Bertz CT molecular complexity index is 356. The lowest BCUT2D eigenvalue weighted by atomic mass is 9.86. The Morgan fingerprint density at radius 3 is 3.12 bits per heavy atom. The first-order valence-electron chi connectivity index (χ1n) is 6.28. The zero-order valence-corrected chi connectivity index (χ0v) is 10.4. The van der Waals surface area contributed by atoms with Gasteiger partial charge in [-0.2, -0.15) is 4.98 Å². The second-order valence-corrected chi connectivity index (χ2v) is 4.74. The van der Waals surface area contributed by atoms with E-state index in [1.54, 1.807) is 7.11 Å².